The van der Waals surface area contributed by atoms with E-state index in [1.165, 1.54) is 6.33 Å². The van der Waals surface area contributed by atoms with E-state index in [1.807, 2.05) is 11.5 Å². The molecule has 0 aliphatic heterocycles. The zero-order valence-electron chi connectivity index (χ0n) is 10.4. The maximum absolute atomic E-state index is 5.27. The zero-order chi connectivity index (χ0) is 12.6. The van der Waals surface area contributed by atoms with Crippen LogP contribution in [-0.2, 0) is 5.54 Å². The van der Waals surface area contributed by atoms with Gasteiger partial charge in [-0.25, -0.2) is 9.67 Å². The summed E-state index contributed by atoms with van der Waals surface area (Å²) in [4.78, 5) is 3.95. The highest BCUT2D eigenvalue weighted by Gasteiger charge is 2.23. The van der Waals surface area contributed by atoms with Gasteiger partial charge in [0.2, 0.25) is 0 Å². The highest BCUT2D eigenvalue weighted by molar-refractivity contribution is 7.71. The van der Waals surface area contributed by atoms with E-state index in [2.05, 4.69) is 41.1 Å². The average molecular weight is 252 g/mol. The summed E-state index contributed by atoms with van der Waals surface area (Å²) in [5.41, 5.74) is -0.117. The quantitative estimate of drug-likeness (QED) is 0.829. The lowest BCUT2D eigenvalue weighted by atomic mass is 10.1. The van der Waals surface area contributed by atoms with E-state index in [1.54, 1.807) is 11.0 Å². The number of rotatable bonds is 2. The standard InChI is InChI=1S/C10H16N6S/c1-7(15-6-11-5-12-15)8-13-14-9(17)16(8)10(2,3)4/h5-7H,1-4H3,(H,14,17). The number of nitrogens with one attached hydrogen (secondary N) is 1. The molecule has 0 aromatic carbocycles. The van der Waals surface area contributed by atoms with E-state index in [9.17, 15) is 0 Å². The molecule has 2 aromatic rings. The Kier molecular flexibility index (Phi) is 2.86. The number of hydrogen-bond acceptors (Lipinski definition) is 4. The molecule has 1 N–H and O–H groups in total. The van der Waals surface area contributed by atoms with Gasteiger partial charge in [0.25, 0.3) is 0 Å². The second-order valence-electron chi connectivity index (χ2n) is 4.94. The van der Waals surface area contributed by atoms with Crippen LogP contribution < -0.4 is 0 Å². The second kappa shape index (κ2) is 4.06. The van der Waals surface area contributed by atoms with Crippen molar-refractivity contribution in [1.82, 2.24) is 29.5 Å². The molecule has 2 aromatic heterocycles. The third-order valence-corrected chi connectivity index (χ3v) is 2.85. The zero-order valence-corrected chi connectivity index (χ0v) is 11.2. The number of nitrogens with zero attached hydrogens (tertiary/aromatic N) is 5. The van der Waals surface area contributed by atoms with Crippen LogP contribution in [0.15, 0.2) is 12.7 Å². The lowest BCUT2D eigenvalue weighted by molar-refractivity contribution is 0.358. The van der Waals surface area contributed by atoms with Gasteiger partial charge in [0, 0.05) is 5.54 Å². The van der Waals surface area contributed by atoms with Crippen molar-refractivity contribution in [2.75, 3.05) is 0 Å². The van der Waals surface area contributed by atoms with E-state index in [4.69, 9.17) is 12.2 Å². The smallest absolute Gasteiger partial charge is 0.195 e. The summed E-state index contributed by atoms with van der Waals surface area (Å²) in [7, 11) is 0. The second-order valence-corrected chi connectivity index (χ2v) is 5.33. The molecule has 0 bridgehead atoms. The summed E-state index contributed by atoms with van der Waals surface area (Å²) in [5.74, 6) is 0.855. The summed E-state index contributed by atoms with van der Waals surface area (Å²) in [6, 6.07) is -0.00956. The Bertz CT molecular complexity index is 544. The predicted octanol–water partition coefficient (Wildman–Crippen LogP) is 1.90. The van der Waals surface area contributed by atoms with Crippen LogP contribution in [-0.4, -0.2) is 29.5 Å². The molecule has 1 atom stereocenters. The van der Waals surface area contributed by atoms with Gasteiger partial charge in [0.15, 0.2) is 10.6 Å². The average Bonchev–Trinajstić information content (AvgIpc) is 2.83. The minimum Gasteiger partial charge on any atom is -0.297 e. The van der Waals surface area contributed by atoms with Crippen LogP contribution in [0.1, 0.15) is 39.6 Å². The molecule has 0 amide bonds. The van der Waals surface area contributed by atoms with Crippen LogP contribution in [0.25, 0.3) is 0 Å². The molecule has 0 saturated carbocycles. The summed E-state index contributed by atoms with van der Waals surface area (Å²) in [6.45, 7) is 8.30. The van der Waals surface area contributed by atoms with E-state index in [0.29, 0.717) is 4.77 Å². The molecule has 1 unspecified atom stereocenters. The summed E-state index contributed by atoms with van der Waals surface area (Å²) >= 11 is 5.27. The molecule has 0 aliphatic rings. The van der Waals surface area contributed by atoms with E-state index < -0.39 is 0 Å². The molecule has 92 valence electrons. The largest absolute Gasteiger partial charge is 0.297 e. The van der Waals surface area contributed by atoms with Gasteiger partial charge >= 0.3 is 0 Å². The molecule has 0 fully saturated rings. The normalized spacial score (nSPS) is 13.9. The molecular weight excluding hydrogens is 236 g/mol. The highest BCUT2D eigenvalue weighted by atomic mass is 32.1. The molecule has 0 aliphatic carbocycles. The summed E-state index contributed by atoms with van der Waals surface area (Å²) < 4.78 is 4.39. The van der Waals surface area contributed by atoms with Crippen molar-refractivity contribution in [3.8, 4) is 0 Å². The van der Waals surface area contributed by atoms with Crippen molar-refractivity contribution in [3.05, 3.63) is 23.3 Å². The van der Waals surface area contributed by atoms with Gasteiger partial charge in [-0.2, -0.15) is 10.2 Å². The third kappa shape index (κ3) is 2.14. The van der Waals surface area contributed by atoms with Crippen molar-refractivity contribution in [3.63, 3.8) is 0 Å². The Morgan fingerprint density at radius 3 is 2.65 bits per heavy atom. The molecule has 7 heteroatoms. The highest BCUT2D eigenvalue weighted by Crippen LogP contribution is 2.22. The summed E-state index contributed by atoms with van der Waals surface area (Å²) in [5, 5.41) is 11.3. The van der Waals surface area contributed by atoms with Gasteiger partial charge in [-0.15, -0.1) is 0 Å². The van der Waals surface area contributed by atoms with Gasteiger partial charge in [-0.3, -0.25) is 9.67 Å². The molecule has 6 nitrogen and oxygen atoms in total. The maximum Gasteiger partial charge on any atom is 0.195 e. The Hall–Kier alpha value is -1.50. The van der Waals surface area contributed by atoms with Crippen LogP contribution >= 0.6 is 12.2 Å². The first-order valence-electron chi connectivity index (χ1n) is 5.43. The van der Waals surface area contributed by atoms with Crippen LogP contribution in [0.3, 0.4) is 0 Å². The fourth-order valence-electron chi connectivity index (χ4n) is 1.77. The van der Waals surface area contributed by atoms with Crippen LogP contribution in [0.2, 0.25) is 0 Å². The van der Waals surface area contributed by atoms with Crippen LogP contribution in [0.5, 0.6) is 0 Å². The van der Waals surface area contributed by atoms with Gasteiger partial charge in [0.1, 0.15) is 18.7 Å². The number of hydrogen-bond donors (Lipinski definition) is 1. The minimum atomic E-state index is -0.117. The van der Waals surface area contributed by atoms with Crippen LogP contribution in [0, 0.1) is 4.77 Å². The molecule has 2 rings (SSSR count). The van der Waals surface area contributed by atoms with Gasteiger partial charge < -0.3 is 0 Å². The van der Waals surface area contributed by atoms with Crippen molar-refractivity contribution in [2.24, 2.45) is 0 Å². The number of aromatic nitrogens is 6. The van der Waals surface area contributed by atoms with Crippen LogP contribution in [0.4, 0.5) is 0 Å². The lowest BCUT2D eigenvalue weighted by Gasteiger charge is -2.24. The Morgan fingerprint density at radius 2 is 2.12 bits per heavy atom. The Labute approximate surface area is 105 Å². The van der Waals surface area contributed by atoms with Gasteiger partial charge in [-0.05, 0) is 39.9 Å². The fourth-order valence-corrected chi connectivity index (χ4v) is 2.19. The number of H-pyrrole nitrogens is 1. The van der Waals surface area contributed by atoms with Crippen molar-refractivity contribution in [1.29, 1.82) is 0 Å². The van der Waals surface area contributed by atoms with Gasteiger partial charge in [-0.1, -0.05) is 0 Å². The SMILES string of the molecule is CC(c1n[nH]c(=S)n1C(C)(C)C)n1cncn1. The molecule has 2 heterocycles. The molecule has 17 heavy (non-hydrogen) atoms. The maximum atomic E-state index is 5.27. The van der Waals surface area contributed by atoms with Gasteiger partial charge in [0.05, 0.1) is 0 Å². The van der Waals surface area contributed by atoms with Crippen molar-refractivity contribution < 1.29 is 0 Å². The predicted molar refractivity (Wildman–Crippen MR) is 66.2 cm³/mol. The van der Waals surface area contributed by atoms with Crippen molar-refractivity contribution >= 4 is 12.2 Å². The molecular formula is C10H16N6S. The van der Waals surface area contributed by atoms with E-state index in [0.717, 1.165) is 5.82 Å². The summed E-state index contributed by atoms with van der Waals surface area (Å²) in [6.07, 6.45) is 3.19. The molecule has 0 spiro atoms. The topological polar surface area (TPSA) is 64.3 Å². The monoisotopic (exact) mass is 252 g/mol. The first-order valence-corrected chi connectivity index (χ1v) is 5.84. The fraction of sp³-hybridized carbons (Fsp3) is 0.600. The third-order valence-electron chi connectivity index (χ3n) is 2.58. The van der Waals surface area contributed by atoms with E-state index >= 15 is 0 Å². The number of aromatic amines is 1. The first-order chi connectivity index (χ1) is 7.91. The molecule has 0 saturated heterocycles. The molecule has 0 radical (unpaired) electrons. The minimum absolute atomic E-state index is 0.00956. The first kappa shape index (κ1) is 12.0. The Morgan fingerprint density at radius 1 is 1.41 bits per heavy atom. The van der Waals surface area contributed by atoms with E-state index in [-0.39, 0.29) is 11.6 Å². The lowest BCUT2D eigenvalue weighted by Crippen LogP contribution is -2.27. The van der Waals surface area contributed by atoms with Crippen molar-refractivity contribution in [2.45, 2.75) is 39.3 Å². The Balaban J connectivity index is 2.51.